The molecule has 0 N–H and O–H groups in total. The number of ether oxygens (including phenoxy) is 1. The molecule has 2 heterocycles. The van der Waals surface area contributed by atoms with Crippen LogP contribution < -0.4 is 4.74 Å². The molecule has 1 amide bonds. The van der Waals surface area contributed by atoms with Gasteiger partial charge in [-0.3, -0.25) is 14.5 Å². The third-order valence-corrected chi connectivity index (χ3v) is 6.11. The van der Waals surface area contributed by atoms with E-state index in [1.807, 2.05) is 0 Å². The van der Waals surface area contributed by atoms with Crippen molar-refractivity contribution in [2.75, 3.05) is 13.1 Å². The Balaban J connectivity index is 1.33. The van der Waals surface area contributed by atoms with Crippen LogP contribution in [0.4, 0.5) is 13.2 Å². The summed E-state index contributed by atoms with van der Waals surface area (Å²) in [4.78, 5) is 20.6. The van der Waals surface area contributed by atoms with Crippen LogP contribution in [0.15, 0.2) is 48.5 Å². The second kappa shape index (κ2) is 9.28. The van der Waals surface area contributed by atoms with Gasteiger partial charge in [-0.05, 0) is 43.0 Å². The van der Waals surface area contributed by atoms with Crippen LogP contribution in [0.1, 0.15) is 36.8 Å². The topological polar surface area (TPSA) is 42.0 Å². The molecule has 5 nitrogen and oxygen atoms in total. The average molecular weight is 434 g/mol. The van der Waals surface area contributed by atoms with Crippen molar-refractivity contribution in [3.8, 4) is 5.75 Å². The van der Waals surface area contributed by atoms with Crippen LogP contribution in [-0.2, 0) is 22.8 Å². The molecule has 4 rings (SSSR count). The van der Waals surface area contributed by atoms with E-state index in [4.69, 9.17) is 4.84 Å². The van der Waals surface area contributed by atoms with Gasteiger partial charge >= 0.3 is 6.61 Å². The number of nitrogens with zero attached hydrogens (tertiary/aromatic N) is 2. The van der Waals surface area contributed by atoms with Crippen LogP contribution in [0.3, 0.4) is 0 Å². The lowest BCUT2D eigenvalue weighted by Crippen LogP contribution is -2.52. The van der Waals surface area contributed by atoms with E-state index in [-0.39, 0.29) is 29.6 Å². The summed E-state index contributed by atoms with van der Waals surface area (Å²) >= 11 is 0. The van der Waals surface area contributed by atoms with Crippen molar-refractivity contribution in [3.05, 3.63) is 65.5 Å². The highest BCUT2D eigenvalue weighted by Crippen LogP contribution is 2.40. The van der Waals surface area contributed by atoms with Gasteiger partial charge in [0, 0.05) is 31.6 Å². The van der Waals surface area contributed by atoms with E-state index in [9.17, 15) is 18.0 Å². The summed E-state index contributed by atoms with van der Waals surface area (Å²) in [7, 11) is 0. The van der Waals surface area contributed by atoms with Crippen LogP contribution in [0, 0.1) is 5.82 Å². The number of alkyl halides is 2. The first-order chi connectivity index (χ1) is 14.9. The molecule has 0 aromatic heterocycles. The quantitative estimate of drug-likeness (QED) is 0.643. The van der Waals surface area contributed by atoms with Crippen LogP contribution in [0.25, 0.3) is 0 Å². The molecule has 2 aromatic rings. The number of halogens is 3. The number of rotatable bonds is 7. The van der Waals surface area contributed by atoms with E-state index in [1.54, 1.807) is 42.5 Å². The van der Waals surface area contributed by atoms with Crippen molar-refractivity contribution >= 4 is 5.91 Å². The largest absolute Gasteiger partial charge is 0.435 e. The van der Waals surface area contributed by atoms with Gasteiger partial charge < -0.3 is 4.74 Å². The van der Waals surface area contributed by atoms with Crippen molar-refractivity contribution in [2.24, 2.45) is 0 Å². The lowest BCUT2D eigenvalue weighted by atomic mass is 9.86. The summed E-state index contributed by atoms with van der Waals surface area (Å²) in [6, 6.07) is 13.1. The van der Waals surface area contributed by atoms with Gasteiger partial charge in [-0.25, -0.2) is 9.45 Å². The van der Waals surface area contributed by atoms with E-state index in [0.29, 0.717) is 18.5 Å². The van der Waals surface area contributed by atoms with E-state index < -0.39 is 6.61 Å². The van der Waals surface area contributed by atoms with Gasteiger partial charge in [-0.2, -0.15) is 8.78 Å². The molecule has 2 aliphatic heterocycles. The van der Waals surface area contributed by atoms with Crippen molar-refractivity contribution in [1.29, 1.82) is 0 Å². The fourth-order valence-electron chi connectivity index (χ4n) is 4.38. The fourth-order valence-corrected chi connectivity index (χ4v) is 4.38. The number of likely N-dealkylation sites (tertiary alicyclic amines) is 1. The summed E-state index contributed by atoms with van der Waals surface area (Å²) in [6.45, 7) is -0.558. The molecule has 2 fully saturated rings. The van der Waals surface area contributed by atoms with Crippen LogP contribution in [0.2, 0.25) is 0 Å². The number of hydroxylamine groups is 2. The highest BCUT2D eigenvalue weighted by molar-refractivity contribution is 5.78. The van der Waals surface area contributed by atoms with Gasteiger partial charge in [0.05, 0.1) is 5.54 Å². The summed E-state index contributed by atoms with van der Waals surface area (Å²) in [6.07, 6.45) is 2.70. The molecular formula is C23H25F3N2O3. The molecule has 2 aromatic carbocycles. The smallest absolute Gasteiger partial charge is 0.387 e. The predicted octanol–water partition coefficient (Wildman–Crippen LogP) is 4.52. The zero-order chi connectivity index (χ0) is 21.8. The lowest BCUT2D eigenvalue weighted by Gasteiger charge is -2.43. The second-order valence-electron chi connectivity index (χ2n) is 8.08. The first-order valence-corrected chi connectivity index (χ1v) is 10.4. The third kappa shape index (κ3) is 5.02. The Hall–Kier alpha value is -2.58. The molecular weight excluding hydrogens is 409 g/mol. The minimum atomic E-state index is -2.83. The average Bonchev–Trinajstić information content (AvgIpc) is 3.05. The van der Waals surface area contributed by atoms with Crippen molar-refractivity contribution in [3.63, 3.8) is 0 Å². The fraction of sp³-hybridized carbons (Fsp3) is 0.435. The van der Waals surface area contributed by atoms with Crippen LogP contribution in [0.5, 0.6) is 5.75 Å². The molecule has 0 atom stereocenters. The number of carbonyl (C=O) groups excluding carboxylic acids is 1. The van der Waals surface area contributed by atoms with Crippen molar-refractivity contribution in [1.82, 2.24) is 9.96 Å². The molecule has 0 unspecified atom stereocenters. The highest BCUT2D eigenvalue weighted by atomic mass is 19.3. The van der Waals surface area contributed by atoms with Gasteiger partial charge in [0.25, 0.3) is 0 Å². The Bertz CT molecular complexity index is 899. The third-order valence-electron chi connectivity index (χ3n) is 6.11. The monoisotopic (exact) mass is 434 g/mol. The van der Waals surface area contributed by atoms with E-state index in [0.717, 1.165) is 37.9 Å². The molecule has 2 aliphatic rings. The normalized spacial score (nSPS) is 18.8. The number of hydrogen-bond acceptors (Lipinski definition) is 4. The molecule has 2 saturated heterocycles. The molecule has 1 spiro atoms. The van der Waals surface area contributed by atoms with Gasteiger partial charge in [0.15, 0.2) is 0 Å². The molecule has 166 valence electrons. The number of piperidine rings is 1. The maximum Gasteiger partial charge on any atom is 0.387 e. The number of benzene rings is 2. The number of carbonyl (C=O) groups is 1. The second-order valence-corrected chi connectivity index (χ2v) is 8.08. The molecule has 0 aliphatic carbocycles. The molecule has 0 radical (unpaired) electrons. The van der Waals surface area contributed by atoms with Gasteiger partial charge in [-0.15, -0.1) is 0 Å². The summed E-state index contributed by atoms with van der Waals surface area (Å²) in [5, 5.41) is 1.49. The zero-order valence-electron chi connectivity index (χ0n) is 17.1. The Morgan fingerprint density at radius 1 is 1.00 bits per heavy atom. The van der Waals surface area contributed by atoms with Crippen molar-refractivity contribution in [2.45, 2.75) is 51.0 Å². The molecule has 0 bridgehead atoms. The Labute approximate surface area is 179 Å². The summed E-state index contributed by atoms with van der Waals surface area (Å²) in [5.74, 6) is -0.258. The van der Waals surface area contributed by atoms with E-state index in [1.165, 1.54) is 11.1 Å². The van der Waals surface area contributed by atoms with Crippen molar-refractivity contribution < 1.29 is 27.5 Å². The summed E-state index contributed by atoms with van der Waals surface area (Å²) < 4.78 is 42.9. The molecule has 0 saturated carbocycles. The standard InChI is InChI=1S/C23H25F3N2O3/c24-20-4-2-1-3-18(20)16-30-28-21(29)9-10-23(28)11-13-27(14-12-23)15-17-5-7-19(8-6-17)31-22(25)26/h1-8,22H,9-16H2. The maximum absolute atomic E-state index is 13.9. The maximum atomic E-state index is 13.9. The van der Waals surface area contributed by atoms with Gasteiger partial charge in [-0.1, -0.05) is 30.3 Å². The predicted molar refractivity (Wildman–Crippen MR) is 108 cm³/mol. The Morgan fingerprint density at radius 2 is 1.71 bits per heavy atom. The Morgan fingerprint density at radius 3 is 2.39 bits per heavy atom. The minimum absolute atomic E-state index is 0.0247. The first kappa shape index (κ1) is 21.6. The SMILES string of the molecule is O=C1CCC2(CCN(Cc3ccc(OC(F)F)cc3)CC2)N1OCc1ccccc1F. The molecule has 8 heteroatoms. The number of hydrogen-bond donors (Lipinski definition) is 0. The lowest BCUT2D eigenvalue weighted by molar-refractivity contribution is -0.223. The summed E-state index contributed by atoms with van der Waals surface area (Å²) in [5.41, 5.74) is 1.08. The van der Waals surface area contributed by atoms with Gasteiger partial charge in [0.1, 0.15) is 18.2 Å². The Kier molecular flexibility index (Phi) is 6.48. The van der Waals surface area contributed by atoms with Gasteiger partial charge in [0.2, 0.25) is 5.91 Å². The minimum Gasteiger partial charge on any atom is -0.435 e. The highest BCUT2D eigenvalue weighted by Gasteiger charge is 2.48. The molecule has 31 heavy (non-hydrogen) atoms. The number of amides is 1. The van der Waals surface area contributed by atoms with E-state index >= 15 is 0 Å². The van der Waals surface area contributed by atoms with Crippen LogP contribution in [-0.4, -0.2) is 41.1 Å². The van der Waals surface area contributed by atoms with Crippen LogP contribution >= 0.6 is 0 Å². The van der Waals surface area contributed by atoms with E-state index in [2.05, 4.69) is 9.64 Å². The zero-order valence-corrected chi connectivity index (χ0v) is 17.1. The first-order valence-electron chi connectivity index (χ1n) is 10.4.